The van der Waals surface area contributed by atoms with Gasteiger partial charge in [-0.15, -0.1) is 11.3 Å². The van der Waals surface area contributed by atoms with Gasteiger partial charge in [0, 0.05) is 29.4 Å². The van der Waals surface area contributed by atoms with Crippen molar-refractivity contribution in [2.45, 2.75) is 25.9 Å². The maximum absolute atomic E-state index is 13.5. The molecule has 2 heterocycles. The summed E-state index contributed by atoms with van der Waals surface area (Å²) in [5, 5.41) is 6.21. The van der Waals surface area contributed by atoms with Crippen molar-refractivity contribution < 1.29 is 9.53 Å². The summed E-state index contributed by atoms with van der Waals surface area (Å²) in [5.74, 6) is 0.807. The number of methoxy groups -OCH3 is 1. The molecule has 0 saturated carbocycles. The summed E-state index contributed by atoms with van der Waals surface area (Å²) in [4.78, 5) is 20.7. The third-order valence-electron chi connectivity index (χ3n) is 5.18. The van der Waals surface area contributed by atoms with Crippen LogP contribution in [0.3, 0.4) is 0 Å². The van der Waals surface area contributed by atoms with E-state index in [4.69, 9.17) is 4.74 Å². The number of rotatable bonds is 8. The molecule has 0 bridgehead atoms. The van der Waals surface area contributed by atoms with Crippen molar-refractivity contribution in [3.63, 3.8) is 0 Å². The molecule has 0 fully saturated rings. The highest BCUT2D eigenvalue weighted by atomic mass is 32.1. The van der Waals surface area contributed by atoms with Gasteiger partial charge in [-0.25, -0.2) is 9.67 Å². The van der Waals surface area contributed by atoms with Crippen molar-refractivity contribution in [1.82, 2.24) is 19.7 Å². The van der Waals surface area contributed by atoms with E-state index in [1.54, 1.807) is 29.5 Å². The average Bonchev–Trinajstić information content (AvgIpc) is 3.52. The number of carbonyl (C=O) groups excluding carboxylic acids is 1. The van der Waals surface area contributed by atoms with E-state index in [-0.39, 0.29) is 11.9 Å². The summed E-state index contributed by atoms with van der Waals surface area (Å²) >= 11 is 1.72. The zero-order chi connectivity index (χ0) is 21.6. The molecule has 158 valence electrons. The second kappa shape index (κ2) is 9.57. The van der Waals surface area contributed by atoms with Crippen LogP contribution in [0.5, 0.6) is 5.75 Å². The number of thiophene rings is 1. The van der Waals surface area contributed by atoms with Crippen molar-refractivity contribution in [3.8, 4) is 11.4 Å². The molecule has 2 aromatic heterocycles. The number of amides is 1. The number of hydrogen-bond acceptors (Lipinski definition) is 5. The zero-order valence-electron chi connectivity index (χ0n) is 17.5. The van der Waals surface area contributed by atoms with Crippen LogP contribution in [-0.4, -0.2) is 38.7 Å². The first-order valence-electron chi connectivity index (χ1n) is 10.1. The number of aromatic nitrogens is 3. The number of ether oxygens (including phenoxy) is 1. The molecule has 0 aliphatic carbocycles. The first kappa shape index (κ1) is 20.8. The lowest BCUT2D eigenvalue weighted by Crippen LogP contribution is -2.39. The van der Waals surface area contributed by atoms with E-state index < -0.39 is 0 Å². The fourth-order valence-electron chi connectivity index (χ4n) is 3.45. The summed E-state index contributed by atoms with van der Waals surface area (Å²) in [6, 6.07) is 19.5. The Morgan fingerprint density at radius 2 is 1.90 bits per heavy atom. The molecule has 1 atom stereocenters. The molecule has 0 aliphatic rings. The molecular formula is C24H24N4O2S. The van der Waals surface area contributed by atoms with E-state index in [2.05, 4.69) is 28.5 Å². The minimum atomic E-state index is 0.00464. The Morgan fingerprint density at radius 3 is 2.52 bits per heavy atom. The SMILES string of the molecule is COc1ccc(CN(C(=O)c2ccc(-n3cncn3)cc2)C(C)Cc2cccs2)cc1. The largest absolute Gasteiger partial charge is 0.497 e. The van der Waals surface area contributed by atoms with Crippen LogP contribution >= 0.6 is 11.3 Å². The van der Waals surface area contributed by atoms with E-state index in [1.165, 1.54) is 11.2 Å². The van der Waals surface area contributed by atoms with Gasteiger partial charge in [0.25, 0.3) is 5.91 Å². The fraction of sp³-hybridized carbons (Fsp3) is 0.208. The van der Waals surface area contributed by atoms with Crippen molar-refractivity contribution in [2.75, 3.05) is 7.11 Å². The Labute approximate surface area is 185 Å². The van der Waals surface area contributed by atoms with E-state index in [1.807, 2.05) is 59.5 Å². The van der Waals surface area contributed by atoms with E-state index in [0.29, 0.717) is 12.1 Å². The van der Waals surface area contributed by atoms with Gasteiger partial charge < -0.3 is 9.64 Å². The van der Waals surface area contributed by atoms with Gasteiger partial charge in [0.2, 0.25) is 0 Å². The normalized spacial score (nSPS) is 11.8. The maximum Gasteiger partial charge on any atom is 0.254 e. The lowest BCUT2D eigenvalue weighted by molar-refractivity contribution is 0.0676. The van der Waals surface area contributed by atoms with E-state index in [9.17, 15) is 4.79 Å². The van der Waals surface area contributed by atoms with E-state index in [0.717, 1.165) is 23.4 Å². The van der Waals surface area contributed by atoms with Crippen molar-refractivity contribution >= 4 is 17.2 Å². The zero-order valence-corrected chi connectivity index (χ0v) is 18.3. The molecule has 0 radical (unpaired) electrons. The molecule has 4 aromatic rings. The van der Waals surface area contributed by atoms with Crippen LogP contribution in [-0.2, 0) is 13.0 Å². The molecule has 7 heteroatoms. The monoisotopic (exact) mass is 432 g/mol. The van der Waals surface area contributed by atoms with Gasteiger partial charge in [-0.3, -0.25) is 4.79 Å². The summed E-state index contributed by atoms with van der Waals surface area (Å²) in [5.41, 5.74) is 2.57. The van der Waals surface area contributed by atoms with Crippen LogP contribution in [0.1, 0.15) is 27.7 Å². The molecule has 31 heavy (non-hydrogen) atoms. The molecule has 0 spiro atoms. The maximum atomic E-state index is 13.5. The quantitative estimate of drug-likeness (QED) is 0.408. The molecule has 0 N–H and O–H groups in total. The van der Waals surface area contributed by atoms with Crippen LogP contribution in [0.4, 0.5) is 0 Å². The van der Waals surface area contributed by atoms with Gasteiger partial charge in [-0.05, 0) is 60.3 Å². The minimum absolute atomic E-state index is 0.00464. The summed E-state index contributed by atoms with van der Waals surface area (Å²) in [6.07, 6.45) is 3.94. The molecule has 4 rings (SSSR count). The van der Waals surface area contributed by atoms with Crippen LogP contribution in [0.15, 0.2) is 78.7 Å². The first-order chi connectivity index (χ1) is 15.1. The Kier molecular flexibility index (Phi) is 6.43. The minimum Gasteiger partial charge on any atom is -0.497 e. The van der Waals surface area contributed by atoms with Crippen molar-refractivity contribution in [2.24, 2.45) is 0 Å². The second-order valence-corrected chi connectivity index (χ2v) is 8.33. The smallest absolute Gasteiger partial charge is 0.254 e. The number of nitrogens with zero attached hydrogens (tertiary/aromatic N) is 4. The third kappa shape index (κ3) is 5.00. The Morgan fingerprint density at radius 1 is 1.13 bits per heavy atom. The van der Waals surface area contributed by atoms with Crippen molar-refractivity contribution in [1.29, 1.82) is 0 Å². The summed E-state index contributed by atoms with van der Waals surface area (Å²) < 4.78 is 6.93. The number of benzene rings is 2. The molecule has 6 nitrogen and oxygen atoms in total. The Bertz CT molecular complexity index is 1090. The topological polar surface area (TPSA) is 60.2 Å². The van der Waals surface area contributed by atoms with Gasteiger partial charge in [0.15, 0.2) is 0 Å². The molecule has 1 amide bonds. The third-order valence-corrected chi connectivity index (χ3v) is 6.08. The van der Waals surface area contributed by atoms with E-state index >= 15 is 0 Å². The van der Waals surface area contributed by atoms with Crippen LogP contribution in [0, 0.1) is 0 Å². The molecule has 0 aliphatic heterocycles. The fourth-order valence-corrected chi connectivity index (χ4v) is 4.28. The van der Waals surface area contributed by atoms with Gasteiger partial charge in [0.05, 0.1) is 12.8 Å². The summed E-state index contributed by atoms with van der Waals surface area (Å²) in [6.45, 7) is 2.63. The Hall–Kier alpha value is -3.45. The van der Waals surface area contributed by atoms with Crippen molar-refractivity contribution in [3.05, 3.63) is 94.7 Å². The molecule has 1 unspecified atom stereocenters. The molecule has 0 saturated heterocycles. The molecular weight excluding hydrogens is 408 g/mol. The first-order valence-corrected chi connectivity index (χ1v) is 10.9. The van der Waals surface area contributed by atoms with Gasteiger partial charge >= 0.3 is 0 Å². The number of hydrogen-bond donors (Lipinski definition) is 0. The Balaban J connectivity index is 1.57. The highest BCUT2D eigenvalue weighted by Gasteiger charge is 2.22. The highest BCUT2D eigenvalue weighted by Crippen LogP contribution is 2.21. The predicted molar refractivity (Wildman–Crippen MR) is 122 cm³/mol. The van der Waals surface area contributed by atoms with Crippen LogP contribution in [0.2, 0.25) is 0 Å². The number of carbonyl (C=O) groups is 1. The van der Waals surface area contributed by atoms with Gasteiger partial charge in [-0.2, -0.15) is 5.10 Å². The standard InChI is InChI=1S/C24H24N4O2S/c1-18(14-23-4-3-13-31-23)27(15-19-5-11-22(30-2)12-6-19)24(29)20-7-9-21(10-8-20)28-17-25-16-26-28/h3-13,16-18H,14-15H2,1-2H3. The van der Waals surface area contributed by atoms with Gasteiger partial charge in [-0.1, -0.05) is 18.2 Å². The average molecular weight is 433 g/mol. The van der Waals surface area contributed by atoms with Crippen LogP contribution in [0.25, 0.3) is 5.69 Å². The highest BCUT2D eigenvalue weighted by molar-refractivity contribution is 7.09. The molecule has 2 aromatic carbocycles. The van der Waals surface area contributed by atoms with Gasteiger partial charge in [0.1, 0.15) is 18.4 Å². The predicted octanol–water partition coefficient (Wildman–Crippen LogP) is 4.61. The van der Waals surface area contributed by atoms with Crippen LogP contribution < -0.4 is 4.74 Å². The second-order valence-electron chi connectivity index (χ2n) is 7.30. The lowest BCUT2D eigenvalue weighted by Gasteiger charge is -2.29. The lowest BCUT2D eigenvalue weighted by atomic mass is 10.1. The summed E-state index contributed by atoms with van der Waals surface area (Å²) in [7, 11) is 1.65.